The Hall–Kier alpha value is -1.48. The minimum atomic E-state index is -3.78. The summed E-state index contributed by atoms with van der Waals surface area (Å²) in [5.41, 5.74) is 0.295. The Labute approximate surface area is 155 Å². The summed E-state index contributed by atoms with van der Waals surface area (Å²) in [6.07, 6.45) is 7.11. The van der Waals surface area contributed by atoms with E-state index in [1.807, 2.05) is 0 Å². The summed E-state index contributed by atoms with van der Waals surface area (Å²) >= 11 is 0. The number of ether oxygens (including phenoxy) is 1. The molecule has 0 heterocycles. The minimum absolute atomic E-state index is 0.00938. The Morgan fingerprint density at radius 1 is 1.27 bits per heavy atom. The molecule has 1 aromatic rings. The van der Waals surface area contributed by atoms with Gasteiger partial charge in [-0.2, -0.15) is 0 Å². The maximum Gasteiger partial charge on any atom is 0.264 e. The minimum Gasteiger partial charge on any atom is -0.378 e. The first kappa shape index (κ1) is 20.8. The normalized spacial score (nSPS) is 16.0. The van der Waals surface area contributed by atoms with Gasteiger partial charge in [0.2, 0.25) is 0 Å². The molecule has 8 heteroatoms. The van der Waals surface area contributed by atoms with Crippen molar-refractivity contribution in [1.82, 2.24) is 9.79 Å². The van der Waals surface area contributed by atoms with E-state index in [1.165, 1.54) is 51.6 Å². The Balaban J connectivity index is 1.81. The first-order chi connectivity index (χ1) is 12.4. The fraction of sp³-hybridized carbons (Fsp3) is 0.611. The number of benzene rings is 1. The lowest BCUT2D eigenvalue weighted by atomic mass is 9.98. The van der Waals surface area contributed by atoms with Crippen molar-refractivity contribution < 1.29 is 22.8 Å². The summed E-state index contributed by atoms with van der Waals surface area (Å²) in [5, 5.41) is 2.80. The highest BCUT2D eigenvalue weighted by Gasteiger charge is 2.21. The fourth-order valence-electron chi connectivity index (χ4n) is 2.90. The van der Waals surface area contributed by atoms with Crippen LogP contribution >= 0.6 is 0 Å². The molecule has 0 atom stereocenters. The van der Waals surface area contributed by atoms with Crippen LogP contribution in [0.4, 0.5) is 0 Å². The Morgan fingerprint density at radius 3 is 2.69 bits per heavy atom. The number of hydroxylamine groups is 1. The number of amides is 1. The summed E-state index contributed by atoms with van der Waals surface area (Å²) in [5.74, 6) is -0.306. The van der Waals surface area contributed by atoms with E-state index in [0.717, 1.165) is 23.7 Å². The monoisotopic (exact) mass is 384 g/mol. The largest absolute Gasteiger partial charge is 0.378 e. The van der Waals surface area contributed by atoms with Crippen LogP contribution in [0.2, 0.25) is 0 Å². The van der Waals surface area contributed by atoms with Crippen LogP contribution in [0.15, 0.2) is 29.2 Å². The lowest BCUT2D eigenvalue weighted by Gasteiger charge is -2.21. The van der Waals surface area contributed by atoms with Gasteiger partial charge in [0.25, 0.3) is 15.9 Å². The van der Waals surface area contributed by atoms with Gasteiger partial charge in [0.15, 0.2) is 0 Å². The molecule has 1 fully saturated rings. The molecule has 1 aliphatic rings. The Bertz CT molecular complexity index is 687. The molecule has 0 unspecified atom stereocenters. The van der Waals surface area contributed by atoms with Crippen LogP contribution in [0.25, 0.3) is 0 Å². The zero-order chi connectivity index (χ0) is 19.0. The number of nitrogens with zero attached hydrogens (tertiary/aromatic N) is 1. The fourth-order valence-corrected chi connectivity index (χ4v) is 3.92. The molecule has 1 N–H and O–H groups in total. The van der Waals surface area contributed by atoms with Gasteiger partial charge >= 0.3 is 0 Å². The van der Waals surface area contributed by atoms with Gasteiger partial charge in [0.05, 0.1) is 18.1 Å². The first-order valence-electron chi connectivity index (χ1n) is 8.98. The van der Waals surface area contributed by atoms with Gasteiger partial charge in [-0.05, 0) is 37.5 Å². The quantitative estimate of drug-likeness (QED) is 0.522. The zero-order valence-electron chi connectivity index (χ0n) is 15.4. The number of rotatable bonds is 9. The summed E-state index contributed by atoms with van der Waals surface area (Å²) in [6, 6.07) is 5.90. The van der Waals surface area contributed by atoms with Gasteiger partial charge in [-0.15, -0.1) is 0 Å². The molecule has 26 heavy (non-hydrogen) atoms. The van der Waals surface area contributed by atoms with Gasteiger partial charge in [-0.25, -0.2) is 8.42 Å². The number of nitrogens with one attached hydrogen (secondary N) is 1. The smallest absolute Gasteiger partial charge is 0.264 e. The van der Waals surface area contributed by atoms with Crippen molar-refractivity contribution in [3.8, 4) is 0 Å². The van der Waals surface area contributed by atoms with E-state index in [2.05, 4.69) is 5.32 Å². The molecule has 0 aliphatic heterocycles. The van der Waals surface area contributed by atoms with Crippen LogP contribution in [0.1, 0.15) is 48.9 Å². The Morgan fingerprint density at radius 2 is 2.00 bits per heavy atom. The molecule has 0 saturated heterocycles. The van der Waals surface area contributed by atoms with E-state index in [1.54, 1.807) is 6.07 Å². The number of carbonyl (C=O) groups excluding carboxylic acids is 1. The van der Waals surface area contributed by atoms with Crippen molar-refractivity contribution >= 4 is 15.9 Å². The van der Waals surface area contributed by atoms with Crippen LogP contribution in [-0.4, -0.2) is 52.2 Å². The second-order valence-corrected chi connectivity index (χ2v) is 8.30. The van der Waals surface area contributed by atoms with Gasteiger partial charge in [-0.3, -0.25) is 9.63 Å². The lowest BCUT2D eigenvalue weighted by molar-refractivity contribution is -0.0258. The van der Waals surface area contributed by atoms with Gasteiger partial charge < -0.3 is 10.1 Å². The van der Waals surface area contributed by atoms with Crippen LogP contribution in [0.3, 0.4) is 0 Å². The molecule has 0 spiro atoms. The third-order valence-electron chi connectivity index (χ3n) is 4.50. The maximum atomic E-state index is 12.2. The summed E-state index contributed by atoms with van der Waals surface area (Å²) in [4.78, 5) is 17.0. The van der Waals surface area contributed by atoms with Crippen LogP contribution < -0.4 is 5.32 Å². The molecule has 0 radical (unpaired) electrons. The Kier molecular flexibility index (Phi) is 8.02. The predicted molar refractivity (Wildman–Crippen MR) is 98.2 cm³/mol. The van der Waals surface area contributed by atoms with E-state index in [9.17, 15) is 13.2 Å². The molecular weight excluding hydrogens is 356 g/mol. The summed E-state index contributed by atoms with van der Waals surface area (Å²) in [6.45, 7) is 1.11. The van der Waals surface area contributed by atoms with Gasteiger partial charge in [0.1, 0.15) is 0 Å². The number of hydrogen-bond donors (Lipinski definition) is 1. The molecular formula is C18H28N2O5S. The van der Waals surface area contributed by atoms with Crippen LogP contribution in [0, 0.1) is 0 Å². The molecule has 1 aliphatic carbocycles. The van der Waals surface area contributed by atoms with E-state index in [4.69, 9.17) is 9.57 Å². The molecule has 0 bridgehead atoms. The molecule has 1 amide bonds. The van der Waals surface area contributed by atoms with Crippen molar-refractivity contribution in [3.63, 3.8) is 0 Å². The van der Waals surface area contributed by atoms with E-state index >= 15 is 0 Å². The third-order valence-corrected chi connectivity index (χ3v) is 6.18. The van der Waals surface area contributed by atoms with Crippen molar-refractivity contribution in [2.24, 2.45) is 0 Å². The predicted octanol–water partition coefficient (Wildman–Crippen LogP) is 2.34. The molecule has 1 aromatic carbocycles. The molecule has 7 nitrogen and oxygen atoms in total. The van der Waals surface area contributed by atoms with Crippen LogP contribution in [-0.2, 0) is 19.6 Å². The van der Waals surface area contributed by atoms with Gasteiger partial charge in [0, 0.05) is 25.8 Å². The molecule has 2 rings (SSSR count). The number of carbonyl (C=O) groups is 1. The average Bonchev–Trinajstić information content (AvgIpc) is 2.67. The second kappa shape index (κ2) is 10.0. The van der Waals surface area contributed by atoms with Crippen molar-refractivity contribution in [2.75, 3.05) is 27.3 Å². The second-order valence-electron chi connectivity index (χ2n) is 6.37. The van der Waals surface area contributed by atoms with E-state index in [-0.39, 0.29) is 10.8 Å². The summed E-state index contributed by atoms with van der Waals surface area (Å²) in [7, 11) is -1.21. The highest BCUT2D eigenvalue weighted by atomic mass is 32.2. The standard InChI is InChI=1S/C18H28N2O5S/c1-20(24-2)26(22,23)17-11-6-8-15(14-17)18(21)19-12-7-13-25-16-9-4-3-5-10-16/h6,8,11,14,16H,3-5,7,9-10,12-13H2,1-2H3,(H,19,21). The van der Waals surface area contributed by atoms with Crippen molar-refractivity contribution in [1.29, 1.82) is 0 Å². The van der Waals surface area contributed by atoms with Crippen molar-refractivity contribution in [2.45, 2.75) is 49.5 Å². The topological polar surface area (TPSA) is 84.9 Å². The molecule has 146 valence electrons. The summed E-state index contributed by atoms with van der Waals surface area (Å²) < 4.78 is 31.1. The zero-order valence-corrected chi connectivity index (χ0v) is 16.3. The SMILES string of the molecule is CON(C)S(=O)(=O)c1cccc(C(=O)NCCCOC2CCCCC2)c1. The number of hydrogen-bond acceptors (Lipinski definition) is 5. The number of sulfonamides is 1. The maximum absolute atomic E-state index is 12.2. The van der Waals surface area contributed by atoms with Crippen molar-refractivity contribution in [3.05, 3.63) is 29.8 Å². The lowest BCUT2D eigenvalue weighted by Crippen LogP contribution is -2.28. The van der Waals surface area contributed by atoms with E-state index in [0.29, 0.717) is 24.8 Å². The van der Waals surface area contributed by atoms with Gasteiger partial charge in [-0.1, -0.05) is 29.8 Å². The first-order valence-corrected chi connectivity index (χ1v) is 10.4. The average molecular weight is 384 g/mol. The van der Waals surface area contributed by atoms with Crippen LogP contribution in [0.5, 0.6) is 0 Å². The molecule has 0 aromatic heterocycles. The van der Waals surface area contributed by atoms with E-state index < -0.39 is 10.0 Å². The third kappa shape index (κ3) is 5.77. The highest BCUT2D eigenvalue weighted by molar-refractivity contribution is 7.89. The molecule has 1 saturated carbocycles. The highest BCUT2D eigenvalue weighted by Crippen LogP contribution is 2.20.